The summed E-state index contributed by atoms with van der Waals surface area (Å²) in [4.78, 5) is 3.89. The van der Waals surface area contributed by atoms with E-state index in [-0.39, 0.29) is 29.9 Å². The smallest absolute Gasteiger partial charge is 0.186 e. The molecule has 0 aliphatic rings. The number of rotatable bonds is 2. The van der Waals surface area contributed by atoms with Gasteiger partial charge in [0.1, 0.15) is 0 Å². The molecule has 0 aliphatic heterocycles. The Labute approximate surface area is 103 Å². The number of halogens is 2. The Balaban J connectivity index is 0.00000144. The fourth-order valence-electron chi connectivity index (χ4n) is 0.818. The number of nitrogens with zero attached hydrogens (tertiary/aromatic N) is 1. The molecular weight excluding hydrogens is 345 g/mol. The standard InChI is InChI=1S/C8H10BrN3.HI/c9-7-3-1-2-6(4-7)5-12-8(10)11;/h1-4H,5H2,(H4,10,11,12);1H. The van der Waals surface area contributed by atoms with Crippen molar-refractivity contribution < 1.29 is 0 Å². The lowest BCUT2D eigenvalue weighted by Gasteiger charge is -1.97. The van der Waals surface area contributed by atoms with Crippen molar-refractivity contribution in [2.24, 2.45) is 16.5 Å². The highest BCUT2D eigenvalue weighted by Gasteiger charge is 1.91. The van der Waals surface area contributed by atoms with Gasteiger partial charge in [0.15, 0.2) is 5.96 Å². The second-order valence-corrected chi connectivity index (χ2v) is 3.29. The molecule has 1 aromatic rings. The summed E-state index contributed by atoms with van der Waals surface area (Å²) in [5, 5.41) is 0. The van der Waals surface area contributed by atoms with E-state index >= 15 is 0 Å². The molecule has 5 heteroatoms. The van der Waals surface area contributed by atoms with E-state index < -0.39 is 0 Å². The Bertz CT molecular complexity index is 297. The molecule has 0 spiro atoms. The van der Waals surface area contributed by atoms with Gasteiger partial charge < -0.3 is 11.5 Å². The van der Waals surface area contributed by atoms with E-state index in [9.17, 15) is 0 Å². The van der Waals surface area contributed by atoms with Crippen LogP contribution >= 0.6 is 39.9 Å². The molecule has 0 unspecified atom stereocenters. The maximum Gasteiger partial charge on any atom is 0.186 e. The van der Waals surface area contributed by atoms with Crippen LogP contribution < -0.4 is 11.5 Å². The van der Waals surface area contributed by atoms with Gasteiger partial charge in [0, 0.05) is 4.47 Å². The predicted molar refractivity (Wildman–Crippen MR) is 69.1 cm³/mol. The second kappa shape index (κ2) is 6.20. The van der Waals surface area contributed by atoms with Crippen LogP contribution in [0, 0.1) is 0 Å². The molecule has 13 heavy (non-hydrogen) atoms. The molecule has 3 nitrogen and oxygen atoms in total. The number of nitrogens with two attached hydrogens (primary N) is 2. The third kappa shape index (κ3) is 5.09. The van der Waals surface area contributed by atoms with Crippen molar-refractivity contribution in [2.45, 2.75) is 6.54 Å². The van der Waals surface area contributed by atoms with Gasteiger partial charge in [-0.2, -0.15) is 0 Å². The maximum atomic E-state index is 5.19. The zero-order valence-corrected chi connectivity index (χ0v) is 10.8. The van der Waals surface area contributed by atoms with Crippen molar-refractivity contribution in [1.82, 2.24) is 0 Å². The van der Waals surface area contributed by atoms with Crippen LogP contribution in [0.2, 0.25) is 0 Å². The number of aliphatic imine (C=N–C) groups is 1. The van der Waals surface area contributed by atoms with Crippen molar-refractivity contribution in [3.63, 3.8) is 0 Å². The monoisotopic (exact) mass is 355 g/mol. The summed E-state index contributed by atoms with van der Waals surface area (Å²) in [5.41, 5.74) is 11.5. The summed E-state index contributed by atoms with van der Waals surface area (Å²) in [6.45, 7) is 0.530. The average Bonchev–Trinajstić information content (AvgIpc) is 2.01. The molecule has 0 aliphatic carbocycles. The van der Waals surface area contributed by atoms with E-state index in [1.165, 1.54) is 0 Å². The number of benzene rings is 1. The summed E-state index contributed by atoms with van der Waals surface area (Å²) >= 11 is 3.36. The minimum atomic E-state index is 0. The molecule has 0 amide bonds. The molecule has 4 N–H and O–H groups in total. The summed E-state index contributed by atoms with van der Waals surface area (Å²) in [6, 6.07) is 7.85. The normalized spacial score (nSPS) is 8.69. The van der Waals surface area contributed by atoms with Gasteiger partial charge in [-0.05, 0) is 17.7 Å². The van der Waals surface area contributed by atoms with Crippen molar-refractivity contribution in [1.29, 1.82) is 0 Å². The summed E-state index contributed by atoms with van der Waals surface area (Å²) in [5.74, 6) is 0.120. The molecule has 0 saturated heterocycles. The second-order valence-electron chi connectivity index (χ2n) is 2.37. The lowest BCUT2D eigenvalue weighted by molar-refractivity contribution is 1.05. The van der Waals surface area contributed by atoms with Crippen molar-refractivity contribution >= 4 is 45.9 Å². The first-order valence-electron chi connectivity index (χ1n) is 3.48. The summed E-state index contributed by atoms with van der Waals surface area (Å²) in [7, 11) is 0. The SMILES string of the molecule is I.NC(N)=NCc1cccc(Br)c1. The zero-order chi connectivity index (χ0) is 8.97. The number of hydrogen-bond acceptors (Lipinski definition) is 1. The molecule has 1 rings (SSSR count). The molecule has 0 bridgehead atoms. The van der Waals surface area contributed by atoms with Crippen LogP contribution in [0.3, 0.4) is 0 Å². The third-order valence-corrected chi connectivity index (χ3v) is 1.83. The van der Waals surface area contributed by atoms with Crippen LogP contribution in [0.15, 0.2) is 33.7 Å². The highest BCUT2D eigenvalue weighted by Crippen LogP contribution is 2.11. The van der Waals surface area contributed by atoms with Crippen LogP contribution in [-0.2, 0) is 6.54 Å². The van der Waals surface area contributed by atoms with Crippen molar-refractivity contribution in [3.05, 3.63) is 34.3 Å². The molecule has 0 fully saturated rings. The minimum Gasteiger partial charge on any atom is -0.370 e. The number of guanidine groups is 1. The lowest BCUT2D eigenvalue weighted by atomic mass is 10.2. The quantitative estimate of drug-likeness (QED) is 0.483. The van der Waals surface area contributed by atoms with Crippen LogP contribution in [0.25, 0.3) is 0 Å². The third-order valence-electron chi connectivity index (χ3n) is 1.33. The van der Waals surface area contributed by atoms with Gasteiger partial charge in [0.25, 0.3) is 0 Å². The Morgan fingerprint density at radius 3 is 2.62 bits per heavy atom. The van der Waals surface area contributed by atoms with Gasteiger partial charge in [-0.3, -0.25) is 0 Å². The Morgan fingerprint density at radius 2 is 2.08 bits per heavy atom. The van der Waals surface area contributed by atoms with Crippen LogP contribution in [0.5, 0.6) is 0 Å². The predicted octanol–water partition coefficient (Wildman–Crippen LogP) is 1.84. The molecule has 72 valence electrons. The van der Waals surface area contributed by atoms with E-state index in [0.717, 1.165) is 10.0 Å². The first kappa shape index (κ1) is 12.7. The molecule has 0 aromatic heterocycles. The van der Waals surface area contributed by atoms with Crippen molar-refractivity contribution in [3.8, 4) is 0 Å². The molecule has 0 saturated carbocycles. The Morgan fingerprint density at radius 1 is 1.38 bits per heavy atom. The van der Waals surface area contributed by atoms with Gasteiger partial charge in [0.2, 0.25) is 0 Å². The fraction of sp³-hybridized carbons (Fsp3) is 0.125. The van der Waals surface area contributed by atoms with E-state index in [1.54, 1.807) is 0 Å². The summed E-state index contributed by atoms with van der Waals surface area (Å²) < 4.78 is 1.03. The van der Waals surface area contributed by atoms with Crippen LogP contribution in [0.1, 0.15) is 5.56 Å². The van der Waals surface area contributed by atoms with Gasteiger partial charge >= 0.3 is 0 Å². The molecule has 1 aromatic carbocycles. The fourth-order valence-corrected chi connectivity index (χ4v) is 1.26. The topological polar surface area (TPSA) is 64.4 Å². The molecule has 0 radical (unpaired) electrons. The van der Waals surface area contributed by atoms with Gasteiger partial charge in [0.05, 0.1) is 6.54 Å². The molecule has 0 atom stereocenters. The highest BCUT2D eigenvalue weighted by atomic mass is 127. The molecule has 0 heterocycles. The van der Waals surface area contributed by atoms with Crippen molar-refractivity contribution in [2.75, 3.05) is 0 Å². The average molecular weight is 356 g/mol. The maximum absolute atomic E-state index is 5.19. The Kier molecular flexibility index (Phi) is 6.06. The minimum absolute atomic E-state index is 0. The van der Waals surface area contributed by atoms with Crippen LogP contribution in [0.4, 0.5) is 0 Å². The number of hydrogen-bond donors (Lipinski definition) is 2. The first-order valence-corrected chi connectivity index (χ1v) is 4.27. The first-order chi connectivity index (χ1) is 5.68. The van der Waals surface area contributed by atoms with E-state index in [4.69, 9.17) is 11.5 Å². The zero-order valence-electron chi connectivity index (χ0n) is 6.90. The lowest BCUT2D eigenvalue weighted by Crippen LogP contribution is -2.22. The van der Waals surface area contributed by atoms with Crippen LogP contribution in [-0.4, -0.2) is 5.96 Å². The van der Waals surface area contributed by atoms with E-state index in [2.05, 4.69) is 20.9 Å². The van der Waals surface area contributed by atoms with Gasteiger partial charge in [-0.1, -0.05) is 28.1 Å². The van der Waals surface area contributed by atoms with E-state index in [0.29, 0.717) is 6.54 Å². The highest BCUT2D eigenvalue weighted by molar-refractivity contribution is 14.0. The van der Waals surface area contributed by atoms with Gasteiger partial charge in [-0.25, -0.2) is 4.99 Å². The summed E-state index contributed by atoms with van der Waals surface area (Å²) in [6.07, 6.45) is 0. The Hall–Kier alpha value is -0.300. The largest absolute Gasteiger partial charge is 0.370 e. The van der Waals surface area contributed by atoms with E-state index in [1.807, 2.05) is 24.3 Å². The van der Waals surface area contributed by atoms with Gasteiger partial charge in [-0.15, -0.1) is 24.0 Å². The molecular formula is C8H11BrIN3.